The lowest BCUT2D eigenvalue weighted by molar-refractivity contribution is -0.167. The van der Waals surface area contributed by atoms with E-state index in [1.165, 1.54) is 321 Å². The summed E-state index contributed by atoms with van der Waals surface area (Å²) in [5, 5.41) is 0. The molecule has 0 radical (unpaired) electrons. The fraction of sp³-hybridized carbons (Fsp3) is 0.908. The standard InChI is InChI=1S/C76H144O6/c1-4-7-10-13-16-19-22-24-26-28-30-32-33-34-35-36-37-38-39-40-41-42-44-45-47-49-51-54-57-60-63-66-69-75(78)81-72-73(71-80-74(77)68-65-62-59-56-53-21-18-15-12-9-6-3)82-76(79)70-67-64-61-58-55-52-50-48-46-43-31-29-27-25-23-20-17-14-11-8-5-2/h15,18,29,31,73H,4-14,16-17,19-28,30,32-72H2,1-3H3/b18-15-,31-29-. The van der Waals surface area contributed by atoms with E-state index in [1.807, 2.05) is 0 Å². The Morgan fingerprint density at radius 2 is 0.415 bits per heavy atom. The van der Waals surface area contributed by atoms with Gasteiger partial charge in [0, 0.05) is 19.3 Å². The second-order valence-electron chi connectivity index (χ2n) is 25.6. The van der Waals surface area contributed by atoms with Crippen molar-refractivity contribution >= 4 is 17.9 Å². The number of hydrogen-bond donors (Lipinski definition) is 0. The molecule has 0 spiro atoms. The van der Waals surface area contributed by atoms with Crippen LogP contribution in [0.25, 0.3) is 0 Å². The lowest BCUT2D eigenvalue weighted by Crippen LogP contribution is -2.30. The third kappa shape index (κ3) is 68.7. The van der Waals surface area contributed by atoms with Crippen LogP contribution in [0.3, 0.4) is 0 Å². The van der Waals surface area contributed by atoms with Gasteiger partial charge < -0.3 is 14.2 Å². The lowest BCUT2D eigenvalue weighted by atomic mass is 10.0. The highest BCUT2D eigenvalue weighted by molar-refractivity contribution is 5.71. The van der Waals surface area contributed by atoms with Gasteiger partial charge in [0.1, 0.15) is 13.2 Å². The van der Waals surface area contributed by atoms with E-state index in [4.69, 9.17) is 14.2 Å². The highest BCUT2D eigenvalue weighted by Crippen LogP contribution is 2.19. The van der Waals surface area contributed by atoms with E-state index < -0.39 is 6.10 Å². The van der Waals surface area contributed by atoms with Crippen molar-refractivity contribution in [2.45, 2.75) is 431 Å². The largest absolute Gasteiger partial charge is 0.462 e. The lowest BCUT2D eigenvalue weighted by Gasteiger charge is -2.18. The van der Waals surface area contributed by atoms with E-state index in [1.54, 1.807) is 0 Å². The Balaban J connectivity index is 4.08. The minimum atomic E-state index is -0.774. The quantitative estimate of drug-likeness (QED) is 0.0261. The van der Waals surface area contributed by atoms with Gasteiger partial charge in [-0.05, 0) is 64.2 Å². The van der Waals surface area contributed by atoms with Crippen molar-refractivity contribution in [1.82, 2.24) is 0 Å². The summed E-state index contributed by atoms with van der Waals surface area (Å²) in [4.78, 5) is 38.4. The molecule has 82 heavy (non-hydrogen) atoms. The van der Waals surface area contributed by atoms with Crippen LogP contribution in [0.5, 0.6) is 0 Å². The van der Waals surface area contributed by atoms with Gasteiger partial charge in [-0.25, -0.2) is 0 Å². The fourth-order valence-corrected chi connectivity index (χ4v) is 11.5. The Labute approximate surface area is 513 Å². The number of carbonyl (C=O) groups excluding carboxylic acids is 3. The van der Waals surface area contributed by atoms with Crippen molar-refractivity contribution in [2.75, 3.05) is 13.2 Å². The van der Waals surface area contributed by atoms with Gasteiger partial charge >= 0.3 is 17.9 Å². The molecule has 6 heteroatoms. The molecule has 1 unspecified atom stereocenters. The highest BCUT2D eigenvalue weighted by Gasteiger charge is 2.20. The van der Waals surface area contributed by atoms with Gasteiger partial charge in [0.2, 0.25) is 0 Å². The third-order valence-corrected chi connectivity index (χ3v) is 17.2. The fourth-order valence-electron chi connectivity index (χ4n) is 11.5. The van der Waals surface area contributed by atoms with Crippen molar-refractivity contribution < 1.29 is 28.6 Å². The van der Waals surface area contributed by atoms with Gasteiger partial charge in [-0.3, -0.25) is 14.4 Å². The van der Waals surface area contributed by atoms with Crippen molar-refractivity contribution in [3.05, 3.63) is 24.3 Å². The monoisotopic (exact) mass is 1150 g/mol. The predicted molar refractivity (Wildman–Crippen MR) is 358 cm³/mol. The van der Waals surface area contributed by atoms with Crippen molar-refractivity contribution in [3.8, 4) is 0 Å². The maximum Gasteiger partial charge on any atom is 0.306 e. The average Bonchev–Trinajstić information content (AvgIpc) is 3.48. The first-order valence-electron chi connectivity index (χ1n) is 37.3. The van der Waals surface area contributed by atoms with Gasteiger partial charge in [-0.15, -0.1) is 0 Å². The molecule has 0 fully saturated rings. The molecule has 0 aliphatic carbocycles. The van der Waals surface area contributed by atoms with Crippen LogP contribution in [0.4, 0.5) is 0 Å². The van der Waals surface area contributed by atoms with Gasteiger partial charge in [0.25, 0.3) is 0 Å². The van der Waals surface area contributed by atoms with Crippen LogP contribution in [0, 0.1) is 0 Å². The third-order valence-electron chi connectivity index (χ3n) is 17.2. The normalized spacial score (nSPS) is 12.1. The number of hydrogen-bond acceptors (Lipinski definition) is 6. The molecule has 0 amide bonds. The smallest absolute Gasteiger partial charge is 0.306 e. The van der Waals surface area contributed by atoms with Crippen LogP contribution in [0.15, 0.2) is 24.3 Å². The zero-order valence-corrected chi connectivity index (χ0v) is 55.8. The number of allylic oxidation sites excluding steroid dienone is 4. The first kappa shape index (κ1) is 79.9. The van der Waals surface area contributed by atoms with E-state index in [9.17, 15) is 14.4 Å². The molecule has 0 rings (SSSR count). The summed E-state index contributed by atoms with van der Waals surface area (Å²) in [6, 6.07) is 0. The van der Waals surface area contributed by atoms with E-state index in [0.717, 1.165) is 64.2 Å². The molecular weight excluding hydrogens is 1010 g/mol. The maximum absolute atomic E-state index is 12.9. The molecule has 0 saturated heterocycles. The zero-order valence-electron chi connectivity index (χ0n) is 55.8. The summed E-state index contributed by atoms with van der Waals surface area (Å²) in [5.41, 5.74) is 0. The van der Waals surface area contributed by atoms with Crippen molar-refractivity contribution in [1.29, 1.82) is 0 Å². The molecule has 0 N–H and O–H groups in total. The molecule has 0 saturated carbocycles. The van der Waals surface area contributed by atoms with E-state index >= 15 is 0 Å². The predicted octanol–water partition coefficient (Wildman–Crippen LogP) is 25.7. The highest BCUT2D eigenvalue weighted by atomic mass is 16.6. The van der Waals surface area contributed by atoms with Crippen LogP contribution < -0.4 is 0 Å². The molecular formula is C76H144O6. The molecule has 0 aromatic carbocycles. The summed E-state index contributed by atoms with van der Waals surface area (Å²) >= 11 is 0. The molecule has 1 atom stereocenters. The first-order valence-corrected chi connectivity index (χ1v) is 37.3. The maximum atomic E-state index is 12.9. The number of carbonyl (C=O) groups is 3. The average molecular weight is 1150 g/mol. The van der Waals surface area contributed by atoms with Gasteiger partial charge in [-0.2, -0.15) is 0 Å². The minimum Gasteiger partial charge on any atom is -0.462 e. The Kier molecular flexibility index (Phi) is 69.5. The Morgan fingerprint density at radius 3 is 0.646 bits per heavy atom. The second kappa shape index (κ2) is 71.4. The number of ether oxygens (including phenoxy) is 3. The van der Waals surface area contributed by atoms with Crippen LogP contribution in [-0.4, -0.2) is 37.2 Å². The van der Waals surface area contributed by atoms with Crippen LogP contribution >= 0.6 is 0 Å². The Bertz CT molecular complexity index is 1320. The minimum absolute atomic E-state index is 0.0695. The second-order valence-corrected chi connectivity index (χ2v) is 25.6. The summed E-state index contributed by atoms with van der Waals surface area (Å²) in [6.45, 7) is 6.67. The SMILES string of the molecule is CCCC/C=C\CCCCCCCC(=O)OCC(COC(=O)CCCCCCCCCCCCCCCCCCCCCCCCCCCCCCCCCC)OC(=O)CCCCCCCCCCC/C=C\CCCCCCCCCC. The number of esters is 3. The summed E-state index contributed by atoms with van der Waals surface area (Å²) in [7, 11) is 0. The van der Waals surface area contributed by atoms with Crippen LogP contribution in [0.2, 0.25) is 0 Å². The number of rotatable bonds is 70. The molecule has 0 aliphatic heterocycles. The van der Waals surface area contributed by atoms with Crippen LogP contribution in [-0.2, 0) is 28.6 Å². The summed E-state index contributed by atoms with van der Waals surface area (Å²) in [6.07, 6.45) is 88.2. The molecule has 0 heterocycles. The van der Waals surface area contributed by atoms with Crippen molar-refractivity contribution in [2.24, 2.45) is 0 Å². The van der Waals surface area contributed by atoms with Gasteiger partial charge in [0.15, 0.2) is 6.10 Å². The molecule has 484 valence electrons. The zero-order chi connectivity index (χ0) is 59.2. The van der Waals surface area contributed by atoms with E-state index in [2.05, 4.69) is 45.1 Å². The molecule has 6 nitrogen and oxygen atoms in total. The summed E-state index contributed by atoms with van der Waals surface area (Å²) < 4.78 is 17.0. The summed E-state index contributed by atoms with van der Waals surface area (Å²) in [5.74, 6) is -0.852. The van der Waals surface area contributed by atoms with E-state index in [0.29, 0.717) is 19.3 Å². The Morgan fingerprint density at radius 1 is 0.232 bits per heavy atom. The molecule has 0 aliphatic rings. The molecule has 0 aromatic heterocycles. The molecule has 0 bridgehead atoms. The van der Waals surface area contributed by atoms with E-state index in [-0.39, 0.29) is 31.1 Å². The van der Waals surface area contributed by atoms with Gasteiger partial charge in [-0.1, -0.05) is 366 Å². The van der Waals surface area contributed by atoms with Gasteiger partial charge in [0.05, 0.1) is 0 Å². The first-order chi connectivity index (χ1) is 40.5. The van der Waals surface area contributed by atoms with Crippen molar-refractivity contribution in [3.63, 3.8) is 0 Å². The number of unbranched alkanes of at least 4 members (excludes halogenated alkanes) is 55. The van der Waals surface area contributed by atoms with Crippen LogP contribution in [0.1, 0.15) is 425 Å². The molecule has 0 aromatic rings. The topological polar surface area (TPSA) is 78.9 Å². The Hall–Kier alpha value is -2.11.